The van der Waals surface area contributed by atoms with Gasteiger partial charge in [-0.15, -0.1) is 0 Å². The van der Waals surface area contributed by atoms with E-state index in [4.69, 9.17) is 11.6 Å². The molecule has 2 fully saturated rings. The lowest BCUT2D eigenvalue weighted by atomic mass is 10.1. The Morgan fingerprint density at radius 3 is 2.47 bits per heavy atom. The lowest BCUT2D eigenvalue weighted by Crippen LogP contribution is -2.42. The van der Waals surface area contributed by atoms with Gasteiger partial charge in [0.05, 0.1) is 0 Å². The van der Waals surface area contributed by atoms with Crippen molar-refractivity contribution in [3.05, 3.63) is 28.8 Å². The Hall–Kier alpha value is -0.770. The summed E-state index contributed by atoms with van der Waals surface area (Å²) in [5.41, 5.74) is 2.54. The predicted molar refractivity (Wildman–Crippen MR) is 81.0 cm³/mol. The highest BCUT2D eigenvalue weighted by atomic mass is 35.5. The largest absolute Gasteiger partial charge is 0.371 e. The Morgan fingerprint density at radius 1 is 1.05 bits per heavy atom. The first-order chi connectivity index (χ1) is 9.33. The number of nitrogens with one attached hydrogen (secondary N) is 1. The van der Waals surface area contributed by atoms with E-state index in [-0.39, 0.29) is 0 Å². The lowest BCUT2D eigenvalue weighted by Gasteiger charge is -2.28. The first-order valence-electron chi connectivity index (χ1n) is 7.29. The molecule has 0 saturated carbocycles. The molecule has 0 aliphatic carbocycles. The summed E-state index contributed by atoms with van der Waals surface area (Å²) >= 11 is 6.46. The normalized spacial score (nSPS) is 21.0. The number of piperazine rings is 1. The van der Waals surface area contributed by atoms with Gasteiger partial charge < -0.3 is 10.2 Å². The molecule has 2 aliphatic rings. The fourth-order valence-corrected chi connectivity index (χ4v) is 3.18. The van der Waals surface area contributed by atoms with Crippen molar-refractivity contribution in [2.45, 2.75) is 19.4 Å². The van der Waals surface area contributed by atoms with E-state index in [1.54, 1.807) is 0 Å². The molecular formula is C15H22ClN3. The monoisotopic (exact) mass is 279 g/mol. The molecule has 3 nitrogen and oxygen atoms in total. The summed E-state index contributed by atoms with van der Waals surface area (Å²) in [6.45, 7) is 7.73. The van der Waals surface area contributed by atoms with E-state index < -0.39 is 0 Å². The van der Waals surface area contributed by atoms with Crippen molar-refractivity contribution in [1.82, 2.24) is 10.2 Å². The fourth-order valence-electron chi connectivity index (χ4n) is 2.95. The van der Waals surface area contributed by atoms with Crippen LogP contribution in [-0.4, -0.2) is 44.2 Å². The third-order valence-electron chi connectivity index (χ3n) is 4.11. The summed E-state index contributed by atoms with van der Waals surface area (Å²) in [7, 11) is 0. The van der Waals surface area contributed by atoms with Crippen molar-refractivity contribution >= 4 is 17.3 Å². The van der Waals surface area contributed by atoms with Crippen LogP contribution in [0.15, 0.2) is 18.2 Å². The maximum Gasteiger partial charge on any atom is 0.0471 e. The molecule has 104 valence electrons. The molecule has 1 aromatic rings. The molecule has 2 aliphatic heterocycles. The molecular weight excluding hydrogens is 258 g/mol. The van der Waals surface area contributed by atoms with Gasteiger partial charge in [0.1, 0.15) is 0 Å². The van der Waals surface area contributed by atoms with Crippen molar-refractivity contribution in [1.29, 1.82) is 0 Å². The molecule has 0 spiro atoms. The first-order valence-corrected chi connectivity index (χ1v) is 7.67. The van der Waals surface area contributed by atoms with E-state index in [1.807, 2.05) is 0 Å². The Balaban J connectivity index is 1.68. The number of anilines is 1. The molecule has 4 heteroatoms. The zero-order valence-corrected chi connectivity index (χ0v) is 12.1. The maximum absolute atomic E-state index is 6.46. The summed E-state index contributed by atoms with van der Waals surface area (Å²) in [6, 6.07) is 6.58. The lowest BCUT2D eigenvalue weighted by molar-refractivity contribution is 0.233. The Kier molecular flexibility index (Phi) is 4.26. The number of rotatable bonds is 3. The van der Waals surface area contributed by atoms with Gasteiger partial charge >= 0.3 is 0 Å². The second-order valence-corrected chi connectivity index (χ2v) is 5.90. The van der Waals surface area contributed by atoms with Gasteiger partial charge in [0, 0.05) is 56.5 Å². The van der Waals surface area contributed by atoms with Crippen LogP contribution in [0.2, 0.25) is 5.02 Å². The molecule has 0 atom stereocenters. The molecule has 0 aromatic heterocycles. The molecule has 19 heavy (non-hydrogen) atoms. The topological polar surface area (TPSA) is 18.5 Å². The zero-order valence-electron chi connectivity index (χ0n) is 11.4. The Bertz CT molecular complexity index is 423. The second kappa shape index (κ2) is 6.12. The maximum atomic E-state index is 6.46. The summed E-state index contributed by atoms with van der Waals surface area (Å²) < 4.78 is 0. The highest BCUT2D eigenvalue weighted by Crippen LogP contribution is 2.27. The molecule has 3 rings (SSSR count). The van der Waals surface area contributed by atoms with Crippen LogP contribution in [0.1, 0.15) is 18.4 Å². The van der Waals surface area contributed by atoms with Crippen LogP contribution in [0.4, 0.5) is 5.69 Å². The molecule has 0 unspecified atom stereocenters. The third-order valence-corrected chi connectivity index (χ3v) is 4.46. The van der Waals surface area contributed by atoms with Crippen molar-refractivity contribution < 1.29 is 0 Å². The highest BCUT2D eigenvalue weighted by molar-refractivity contribution is 6.31. The van der Waals surface area contributed by atoms with E-state index in [1.165, 1.54) is 37.2 Å². The fraction of sp³-hybridized carbons (Fsp3) is 0.600. The first kappa shape index (κ1) is 13.2. The number of halogens is 1. The van der Waals surface area contributed by atoms with Crippen LogP contribution in [0.25, 0.3) is 0 Å². The quantitative estimate of drug-likeness (QED) is 0.916. The third kappa shape index (κ3) is 3.22. The summed E-state index contributed by atoms with van der Waals surface area (Å²) in [6.07, 6.45) is 2.61. The van der Waals surface area contributed by atoms with E-state index in [0.717, 1.165) is 37.7 Å². The van der Waals surface area contributed by atoms with Crippen molar-refractivity contribution in [2.24, 2.45) is 0 Å². The van der Waals surface area contributed by atoms with Gasteiger partial charge in [0.2, 0.25) is 0 Å². The minimum atomic E-state index is 0.919. The van der Waals surface area contributed by atoms with Gasteiger partial charge in [-0.3, -0.25) is 4.90 Å². The Morgan fingerprint density at radius 2 is 1.79 bits per heavy atom. The Labute approximate surface area is 120 Å². The molecule has 2 saturated heterocycles. The van der Waals surface area contributed by atoms with Gasteiger partial charge in [-0.2, -0.15) is 0 Å². The van der Waals surface area contributed by atoms with E-state index in [9.17, 15) is 0 Å². The predicted octanol–water partition coefficient (Wildman–Crippen LogP) is 2.35. The van der Waals surface area contributed by atoms with E-state index in [0.29, 0.717) is 0 Å². The SMILES string of the molecule is Clc1cc(N2CCCC2)ccc1CN1CCNCC1. The molecule has 1 N–H and O–H groups in total. The van der Waals surface area contributed by atoms with Crippen LogP contribution in [0.3, 0.4) is 0 Å². The van der Waals surface area contributed by atoms with Gasteiger partial charge in [-0.25, -0.2) is 0 Å². The summed E-state index contributed by atoms with van der Waals surface area (Å²) in [4.78, 5) is 4.90. The zero-order chi connectivity index (χ0) is 13.1. The summed E-state index contributed by atoms with van der Waals surface area (Å²) in [5.74, 6) is 0. The van der Waals surface area contributed by atoms with E-state index >= 15 is 0 Å². The van der Waals surface area contributed by atoms with Crippen molar-refractivity contribution in [3.63, 3.8) is 0 Å². The standard InChI is InChI=1S/C15H22ClN3/c16-15-11-14(19-7-1-2-8-19)4-3-13(15)12-18-9-5-17-6-10-18/h3-4,11,17H,1-2,5-10,12H2. The van der Waals surface area contributed by atoms with Crippen LogP contribution in [0, 0.1) is 0 Å². The van der Waals surface area contributed by atoms with Gasteiger partial charge in [0.25, 0.3) is 0 Å². The van der Waals surface area contributed by atoms with Gasteiger partial charge in [0.15, 0.2) is 0 Å². The second-order valence-electron chi connectivity index (χ2n) is 5.50. The van der Waals surface area contributed by atoms with Gasteiger partial charge in [-0.1, -0.05) is 17.7 Å². The smallest absolute Gasteiger partial charge is 0.0471 e. The van der Waals surface area contributed by atoms with Crippen LogP contribution >= 0.6 is 11.6 Å². The number of hydrogen-bond donors (Lipinski definition) is 1. The molecule has 0 amide bonds. The average molecular weight is 280 g/mol. The number of benzene rings is 1. The van der Waals surface area contributed by atoms with Crippen LogP contribution in [0.5, 0.6) is 0 Å². The minimum Gasteiger partial charge on any atom is -0.371 e. The minimum absolute atomic E-state index is 0.919. The molecule has 0 radical (unpaired) electrons. The van der Waals surface area contributed by atoms with Crippen LogP contribution < -0.4 is 10.2 Å². The number of nitrogens with zero attached hydrogens (tertiary/aromatic N) is 2. The molecule has 1 aromatic carbocycles. The van der Waals surface area contributed by atoms with E-state index in [2.05, 4.69) is 33.3 Å². The van der Waals surface area contributed by atoms with Crippen LogP contribution in [-0.2, 0) is 6.54 Å². The van der Waals surface area contributed by atoms with Crippen molar-refractivity contribution in [2.75, 3.05) is 44.2 Å². The molecule has 2 heterocycles. The summed E-state index contributed by atoms with van der Waals surface area (Å²) in [5, 5.41) is 4.30. The average Bonchev–Trinajstić information content (AvgIpc) is 2.96. The number of hydrogen-bond acceptors (Lipinski definition) is 3. The van der Waals surface area contributed by atoms with Gasteiger partial charge in [-0.05, 0) is 30.5 Å². The van der Waals surface area contributed by atoms with Crippen molar-refractivity contribution in [3.8, 4) is 0 Å². The highest BCUT2D eigenvalue weighted by Gasteiger charge is 2.15. The molecule has 0 bridgehead atoms.